The highest BCUT2D eigenvalue weighted by atomic mass is 16.2. The van der Waals surface area contributed by atoms with E-state index in [9.17, 15) is 4.79 Å². The molecular weight excluding hydrogens is 364 g/mol. The van der Waals surface area contributed by atoms with Gasteiger partial charge in [0.2, 0.25) is 5.91 Å². The third-order valence-electron chi connectivity index (χ3n) is 5.22. The van der Waals surface area contributed by atoms with Gasteiger partial charge in [0.1, 0.15) is 5.82 Å². The molecule has 0 aliphatic carbocycles. The van der Waals surface area contributed by atoms with Crippen LogP contribution in [0, 0.1) is 11.8 Å². The summed E-state index contributed by atoms with van der Waals surface area (Å²) in [5.41, 5.74) is 1.03. The lowest BCUT2D eigenvalue weighted by molar-refractivity contribution is -0.120. The van der Waals surface area contributed by atoms with Crippen LogP contribution in [0.1, 0.15) is 38.2 Å². The average Bonchev–Trinajstić information content (AvgIpc) is 2.96. The van der Waals surface area contributed by atoms with Crippen molar-refractivity contribution >= 4 is 30.5 Å². The minimum Gasteiger partial charge on any atom is -0.317 e. The SMILES string of the molecule is C=Nc1c(CCC)cnn1/C(=C\CC1CCNCC1)NC(=O)C1C=CC=CN=C1. The van der Waals surface area contributed by atoms with Gasteiger partial charge < -0.3 is 10.6 Å². The molecule has 2 N–H and O–H groups in total. The van der Waals surface area contributed by atoms with Gasteiger partial charge in [0.15, 0.2) is 5.82 Å². The van der Waals surface area contributed by atoms with Crippen molar-refractivity contribution in [1.29, 1.82) is 0 Å². The summed E-state index contributed by atoms with van der Waals surface area (Å²) in [5.74, 6) is 1.34. The molecule has 1 fully saturated rings. The highest BCUT2D eigenvalue weighted by Crippen LogP contribution is 2.24. The van der Waals surface area contributed by atoms with Gasteiger partial charge in [-0.25, -0.2) is 4.99 Å². The van der Waals surface area contributed by atoms with E-state index in [2.05, 4.69) is 45.4 Å². The second kappa shape index (κ2) is 10.7. The molecule has 0 saturated carbocycles. The van der Waals surface area contributed by atoms with Crippen LogP contribution in [0.25, 0.3) is 5.82 Å². The van der Waals surface area contributed by atoms with Gasteiger partial charge in [0, 0.05) is 18.0 Å². The first-order chi connectivity index (χ1) is 14.2. The summed E-state index contributed by atoms with van der Waals surface area (Å²) in [5, 5.41) is 11.0. The van der Waals surface area contributed by atoms with Gasteiger partial charge in [-0.05, 0) is 63.6 Å². The highest BCUT2D eigenvalue weighted by molar-refractivity contribution is 5.98. The Bertz CT molecular complexity index is 810. The fraction of sp³-hybridized carbons (Fsp3) is 0.455. The van der Waals surface area contributed by atoms with Gasteiger partial charge in [-0.1, -0.05) is 25.5 Å². The Labute approximate surface area is 172 Å². The zero-order chi connectivity index (χ0) is 20.5. The molecule has 2 aliphatic heterocycles. The maximum atomic E-state index is 12.9. The van der Waals surface area contributed by atoms with Gasteiger partial charge in [-0.3, -0.25) is 9.79 Å². The molecule has 0 bridgehead atoms. The Morgan fingerprint density at radius 2 is 2.24 bits per heavy atom. The van der Waals surface area contributed by atoms with Gasteiger partial charge in [0.25, 0.3) is 0 Å². The molecule has 154 valence electrons. The smallest absolute Gasteiger partial charge is 0.237 e. The van der Waals surface area contributed by atoms with E-state index < -0.39 is 5.92 Å². The van der Waals surface area contributed by atoms with Crippen molar-refractivity contribution in [1.82, 2.24) is 20.4 Å². The van der Waals surface area contributed by atoms with Crippen molar-refractivity contribution in [3.63, 3.8) is 0 Å². The maximum Gasteiger partial charge on any atom is 0.237 e. The molecule has 1 amide bonds. The number of hydrogen-bond acceptors (Lipinski definition) is 5. The summed E-state index contributed by atoms with van der Waals surface area (Å²) in [4.78, 5) is 21.2. The first-order valence-corrected chi connectivity index (χ1v) is 10.3. The number of rotatable bonds is 8. The first-order valence-electron chi connectivity index (χ1n) is 10.3. The zero-order valence-corrected chi connectivity index (χ0v) is 17.1. The predicted molar refractivity (Wildman–Crippen MR) is 118 cm³/mol. The number of aromatic nitrogens is 2. The summed E-state index contributed by atoms with van der Waals surface area (Å²) in [6.07, 6.45) is 17.7. The second-order valence-electron chi connectivity index (χ2n) is 7.37. The number of hydrogen-bond donors (Lipinski definition) is 2. The lowest BCUT2D eigenvalue weighted by Crippen LogP contribution is -2.32. The van der Waals surface area contributed by atoms with Crippen LogP contribution in [-0.2, 0) is 11.2 Å². The number of amides is 1. The van der Waals surface area contributed by atoms with Crippen LogP contribution in [0.4, 0.5) is 5.82 Å². The summed E-state index contributed by atoms with van der Waals surface area (Å²) < 4.78 is 1.70. The highest BCUT2D eigenvalue weighted by Gasteiger charge is 2.20. The molecule has 0 aromatic carbocycles. The van der Waals surface area contributed by atoms with E-state index >= 15 is 0 Å². The molecule has 0 radical (unpaired) electrons. The van der Waals surface area contributed by atoms with Gasteiger partial charge in [0.05, 0.1) is 12.1 Å². The summed E-state index contributed by atoms with van der Waals surface area (Å²) in [6, 6.07) is 0. The molecule has 1 unspecified atom stereocenters. The van der Waals surface area contributed by atoms with Crippen LogP contribution < -0.4 is 10.6 Å². The van der Waals surface area contributed by atoms with E-state index in [4.69, 9.17) is 0 Å². The quantitative estimate of drug-likeness (QED) is 0.664. The third kappa shape index (κ3) is 5.60. The Morgan fingerprint density at radius 3 is 3.00 bits per heavy atom. The number of aliphatic imine (C=N–C) groups is 2. The van der Waals surface area contributed by atoms with Crippen molar-refractivity contribution in [3.8, 4) is 0 Å². The van der Waals surface area contributed by atoms with Crippen LogP contribution in [0.3, 0.4) is 0 Å². The first kappa shape index (κ1) is 20.9. The molecule has 1 saturated heterocycles. The number of allylic oxidation sites excluding steroid dienone is 3. The van der Waals surface area contributed by atoms with Crippen molar-refractivity contribution in [2.24, 2.45) is 21.8 Å². The summed E-state index contributed by atoms with van der Waals surface area (Å²) in [6.45, 7) is 7.92. The molecule has 0 spiro atoms. The van der Waals surface area contributed by atoms with E-state index in [-0.39, 0.29) is 5.91 Å². The Balaban J connectivity index is 1.85. The molecule has 29 heavy (non-hydrogen) atoms. The van der Waals surface area contributed by atoms with Crippen LogP contribution >= 0.6 is 0 Å². The van der Waals surface area contributed by atoms with E-state index in [1.54, 1.807) is 17.1 Å². The van der Waals surface area contributed by atoms with Crippen LogP contribution in [0.2, 0.25) is 0 Å². The fourth-order valence-corrected chi connectivity index (χ4v) is 3.59. The minimum atomic E-state index is -0.432. The van der Waals surface area contributed by atoms with Gasteiger partial charge in [-0.2, -0.15) is 9.78 Å². The van der Waals surface area contributed by atoms with Crippen LogP contribution in [-0.4, -0.2) is 41.7 Å². The monoisotopic (exact) mass is 394 g/mol. The molecule has 7 heteroatoms. The lowest BCUT2D eigenvalue weighted by atomic mass is 9.94. The van der Waals surface area contributed by atoms with Gasteiger partial charge in [-0.15, -0.1) is 0 Å². The van der Waals surface area contributed by atoms with Crippen molar-refractivity contribution in [3.05, 3.63) is 42.3 Å². The Hall–Kier alpha value is -2.80. The third-order valence-corrected chi connectivity index (χ3v) is 5.22. The predicted octanol–water partition coefficient (Wildman–Crippen LogP) is 3.24. The van der Waals surface area contributed by atoms with E-state index in [0.717, 1.165) is 50.8 Å². The van der Waals surface area contributed by atoms with Crippen molar-refractivity contribution < 1.29 is 4.79 Å². The molecule has 2 aliphatic rings. The number of nitrogens with zero attached hydrogens (tertiary/aromatic N) is 4. The molecule has 1 aromatic heterocycles. The van der Waals surface area contributed by atoms with E-state index in [0.29, 0.717) is 17.6 Å². The molecule has 3 heterocycles. The molecule has 7 nitrogen and oxygen atoms in total. The molecule has 3 rings (SSSR count). The average molecular weight is 395 g/mol. The zero-order valence-electron chi connectivity index (χ0n) is 17.1. The molecular formula is C22H30N6O. The molecule has 1 aromatic rings. The summed E-state index contributed by atoms with van der Waals surface area (Å²) >= 11 is 0. The fourth-order valence-electron chi connectivity index (χ4n) is 3.59. The Kier molecular flexibility index (Phi) is 7.69. The largest absolute Gasteiger partial charge is 0.317 e. The lowest BCUT2D eigenvalue weighted by Gasteiger charge is -2.22. The van der Waals surface area contributed by atoms with E-state index in [1.165, 1.54) is 0 Å². The number of aryl methyl sites for hydroxylation is 1. The van der Waals surface area contributed by atoms with Crippen molar-refractivity contribution in [2.45, 2.75) is 39.0 Å². The number of piperidine rings is 1. The van der Waals surface area contributed by atoms with Crippen LogP contribution in [0.15, 0.2) is 46.7 Å². The number of nitrogens with one attached hydrogen (secondary N) is 2. The minimum absolute atomic E-state index is 0.146. The number of carbonyl (C=O) groups excluding carboxylic acids is 1. The standard InChI is InChI=1S/C22H30N6O/c1-3-6-18-16-26-28(21(18)23-2)20(9-8-17-10-13-24-14-11-17)27-22(29)19-7-4-5-12-25-15-19/h4-5,7,9,12,15-17,19,24H,2-3,6,8,10-11,13-14H2,1H3,(H,27,29)/b20-9-. The second-order valence-corrected chi connectivity index (χ2v) is 7.37. The van der Waals surface area contributed by atoms with E-state index in [1.807, 2.05) is 24.4 Å². The van der Waals surface area contributed by atoms with Gasteiger partial charge >= 0.3 is 0 Å². The normalized spacial score (nSPS) is 19.9. The topological polar surface area (TPSA) is 83.7 Å². The maximum absolute atomic E-state index is 12.9. The summed E-state index contributed by atoms with van der Waals surface area (Å²) in [7, 11) is 0. The van der Waals surface area contributed by atoms with Crippen LogP contribution in [0.5, 0.6) is 0 Å². The Morgan fingerprint density at radius 1 is 1.41 bits per heavy atom. The number of carbonyl (C=O) groups is 1. The van der Waals surface area contributed by atoms with Crippen molar-refractivity contribution in [2.75, 3.05) is 13.1 Å². The molecule has 1 atom stereocenters.